The minimum atomic E-state index is -4.14. The van der Waals surface area contributed by atoms with E-state index in [2.05, 4.69) is 5.32 Å². The Kier molecular flexibility index (Phi) is 6.29. The van der Waals surface area contributed by atoms with Gasteiger partial charge in [-0.15, -0.1) is 0 Å². The summed E-state index contributed by atoms with van der Waals surface area (Å²) in [5.41, 5.74) is 1.59. The van der Waals surface area contributed by atoms with Crippen molar-refractivity contribution in [2.45, 2.75) is 18.4 Å². The number of aryl methyl sites for hydroxylation is 1. The molecule has 3 rings (SSSR count). The van der Waals surface area contributed by atoms with E-state index in [9.17, 15) is 17.6 Å². The lowest BCUT2D eigenvalue weighted by molar-refractivity contribution is -0.119. The molecule has 0 heterocycles. The third-order valence-electron chi connectivity index (χ3n) is 4.35. The van der Waals surface area contributed by atoms with Crippen molar-refractivity contribution in [3.63, 3.8) is 0 Å². The Morgan fingerprint density at radius 1 is 0.931 bits per heavy atom. The first-order valence-electron chi connectivity index (χ1n) is 9.02. The summed E-state index contributed by atoms with van der Waals surface area (Å²) in [5.74, 6) is -1.26. The van der Waals surface area contributed by atoms with E-state index in [1.807, 2.05) is 37.3 Å². The number of nitrogens with zero attached hydrogens (tertiary/aromatic N) is 1. The lowest BCUT2D eigenvalue weighted by Crippen LogP contribution is -2.41. The van der Waals surface area contributed by atoms with Gasteiger partial charge in [0.2, 0.25) is 5.91 Å². The lowest BCUT2D eigenvalue weighted by atomic mass is 10.2. The number of carbonyl (C=O) groups excluding carboxylic acids is 1. The Morgan fingerprint density at radius 2 is 1.55 bits per heavy atom. The molecular formula is C22H21FN2O3S. The SMILES string of the molecule is Cc1ccc(S(=O)(=O)N(CC(=O)NCc2ccccc2)c2ccccc2F)cc1. The predicted molar refractivity (Wildman–Crippen MR) is 110 cm³/mol. The van der Waals surface area contributed by atoms with E-state index in [0.717, 1.165) is 21.5 Å². The molecule has 0 aliphatic heterocycles. The maximum atomic E-state index is 14.4. The summed E-state index contributed by atoms with van der Waals surface area (Å²) >= 11 is 0. The molecule has 29 heavy (non-hydrogen) atoms. The van der Waals surface area contributed by atoms with Crippen LogP contribution in [-0.4, -0.2) is 20.9 Å². The fraction of sp³-hybridized carbons (Fsp3) is 0.136. The number of anilines is 1. The Bertz CT molecular complexity index is 1080. The molecule has 0 saturated carbocycles. The molecule has 0 saturated heterocycles. The minimum Gasteiger partial charge on any atom is -0.350 e. The van der Waals surface area contributed by atoms with Crippen molar-refractivity contribution >= 4 is 21.6 Å². The van der Waals surface area contributed by atoms with E-state index in [1.165, 1.54) is 30.3 Å². The summed E-state index contributed by atoms with van der Waals surface area (Å²) in [6.07, 6.45) is 0. The second kappa shape index (κ2) is 8.87. The van der Waals surface area contributed by atoms with Crippen LogP contribution in [0.5, 0.6) is 0 Å². The van der Waals surface area contributed by atoms with Crippen LogP contribution in [0.2, 0.25) is 0 Å². The summed E-state index contributed by atoms with van der Waals surface area (Å²) in [4.78, 5) is 12.5. The topological polar surface area (TPSA) is 66.5 Å². The average molecular weight is 412 g/mol. The zero-order valence-corrected chi connectivity index (χ0v) is 16.7. The highest BCUT2D eigenvalue weighted by Gasteiger charge is 2.29. The first-order valence-corrected chi connectivity index (χ1v) is 10.5. The second-order valence-electron chi connectivity index (χ2n) is 6.54. The molecule has 0 atom stereocenters. The van der Waals surface area contributed by atoms with E-state index in [1.54, 1.807) is 12.1 Å². The van der Waals surface area contributed by atoms with Crippen LogP contribution < -0.4 is 9.62 Å². The van der Waals surface area contributed by atoms with E-state index in [4.69, 9.17) is 0 Å². The van der Waals surface area contributed by atoms with Crippen LogP contribution in [0.4, 0.5) is 10.1 Å². The first-order chi connectivity index (χ1) is 13.9. The average Bonchev–Trinajstić information content (AvgIpc) is 2.72. The maximum Gasteiger partial charge on any atom is 0.264 e. The normalized spacial score (nSPS) is 11.1. The Labute approximate surface area is 169 Å². The summed E-state index contributed by atoms with van der Waals surface area (Å²) in [6, 6.07) is 20.9. The van der Waals surface area contributed by atoms with Crippen molar-refractivity contribution in [1.82, 2.24) is 5.32 Å². The molecule has 0 aliphatic rings. The molecule has 3 aromatic carbocycles. The monoisotopic (exact) mass is 412 g/mol. The molecule has 0 spiro atoms. The van der Waals surface area contributed by atoms with Crippen molar-refractivity contribution in [2.75, 3.05) is 10.8 Å². The molecule has 0 fully saturated rings. The number of halogens is 1. The van der Waals surface area contributed by atoms with Gasteiger partial charge in [-0.05, 0) is 36.8 Å². The van der Waals surface area contributed by atoms with Crippen LogP contribution in [0.1, 0.15) is 11.1 Å². The van der Waals surface area contributed by atoms with E-state index >= 15 is 0 Å². The van der Waals surface area contributed by atoms with Crippen LogP contribution in [0, 0.1) is 12.7 Å². The maximum absolute atomic E-state index is 14.4. The third-order valence-corrected chi connectivity index (χ3v) is 6.12. The highest BCUT2D eigenvalue weighted by atomic mass is 32.2. The predicted octanol–water partition coefficient (Wildman–Crippen LogP) is 3.65. The second-order valence-corrected chi connectivity index (χ2v) is 8.40. The number of hydrogen-bond donors (Lipinski definition) is 1. The number of benzene rings is 3. The number of nitrogens with one attached hydrogen (secondary N) is 1. The molecule has 7 heteroatoms. The molecule has 0 unspecified atom stereocenters. The van der Waals surface area contributed by atoms with Gasteiger partial charge in [0, 0.05) is 6.54 Å². The number of rotatable bonds is 7. The van der Waals surface area contributed by atoms with Gasteiger partial charge in [-0.2, -0.15) is 0 Å². The summed E-state index contributed by atoms with van der Waals surface area (Å²) in [7, 11) is -4.14. The molecular weight excluding hydrogens is 391 g/mol. The van der Waals surface area contributed by atoms with Crippen LogP contribution in [0.15, 0.2) is 83.8 Å². The van der Waals surface area contributed by atoms with Gasteiger partial charge in [0.05, 0.1) is 10.6 Å². The van der Waals surface area contributed by atoms with Crippen molar-refractivity contribution in [3.05, 3.63) is 95.8 Å². The quantitative estimate of drug-likeness (QED) is 0.644. The largest absolute Gasteiger partial charge is 0.350 e. The molecule has 0 aromatic heterocycles. The van der Waals surface area contributed by atoms with Gasteiger partial charge >= 0.3 is 0 Å². The highest BCUT2D eigenvalue weighted by Crippen LogP contribution is 2.26. The Morgan fingerprint density at radius 3 is 2.21 bits per heavy atom. The van der Waals surface area contributed by atoms with Crippen LogP contribution in [-0.2, 0) is 21.4 Å². The Hall–Kier alpha value is -3.19. The number of sulfonamides is 1. The molecule has 5 nitrogen and oxygen atoms in total. The molecule has 0 bridgehead atoms. The van der Waals surface area contributed by atoms with Gasteiger partial charge in [0.25, 0.3) is 10.0 Å². The van der Waals surface area contributed by atoms with E-state index in [0.29, 0.717) is 0 Å². The number of amides is 1. The van der Waals surface area contributed by atoms with Gasteiger partial charge in [0.15, 0.2) is 0 Å². The fourth-order valence-electron chi connectivity index (χ4n) is 2.77. The van der Waals surface area contributed by atoms with Gasteiger partial charge in [-0.1, -0.05) is 60.2 Å². The van der Waals surface area contributed by atoms with Crippen molar-refractivity contribution < 1.29 is 17.6 Å². The van der Waals surface area contributed by atoms with Gasteiger partial charge in [-0.25, -0.2) is 12.8 Å². The summed E-state index contributed by atoms with van der Waals surface area (Å²) in [6.45, 7) is 1.54. The number of carbonyl (C=O) groups is 1. The zero-order chi connectivity index (χ0) is 20.9. The Balaban J connectivity index is 1.88. The summed E-state index contributed by atoms with van der Waals surface area (Å²) < 4.78 is 41.6. The molecule has 150 valence electrons. The van der Waals surface area contributed by atoms with Crippen LogP contribution in [0.3, 0.4) is 0 Å². The van der Waals surface area contributed by atoms with Gasteiger partial charge in [-0.3, -0.25) is 9.10 Å². The molecule has 3 aromatic rings. The number of hydrogen-bond acceptors (Lipinski definition) is 3. The van der Waals surface area contributed by atoms with Crippen molar-refractivity contribution in [1.29, 1.82) is 0 Å². The van der Waals surface area contributed by atoms with Crippen LogP contribution >= 0.6 is 0 Å². The third kappa shape index (κ3) is 5.00. The lowest BCUT2D eigenvalue weighted by Gasteiger charge is -2.24. The van der Waals surface area contributed by atoms with Crippen LogP contribution in [0.25, 0.3) is 0 Å². The van der Waals surface area contributed by atoms with E-state index in [-0.39, 0.29) is 17.1 Å². The smallest absolute Gasteiger partial charge is 0.264 e. The van der Waals surface area contributed by atoms with Gasteiger partial charge in [0.1, 0.15) is 12.4 Å². The zero-order valence-electron chi connectivity index (χ0n) is 15.9. The van der Waals surface area contributed by atoms with Crippen molar-refractivity contribution in [2.24, 2.45) is 0 Å². The molecule has 0 aliphatic carbocycles. The molecule has 1 N–H and O–H groups in total. The molecule has 0 radical (unpaired) electrons. The van der Waals surface area contributed by atoms with E-state index < -0.39 is 28.3 Å². The minimum absolute atomic E-state index is 0.0118. The fourth-order valence-corrected chi connectivity index (χ4v) is 4.20. The number of para-hydroxylation sites is 1. The highest BCUT2D eigenvalue weighted by molar-refractivity contribution is 7.92. The summed E-state index contributed by atoms with van der Waals surface area (Å²) in [5, 5.41) is 2.68. The standard InChI is InChI=1S/C22H21FN2O3S/c1-17-11-13-19(14-12-17)29(27,28)25(21-10-6-5-9-20(21)23)16-22(26)24-15-18-7-3-2-4-8-18/h2-14H,15-16H2,1H3,(H,24,26). The van der Waals surface area contributed by atoms with Crippen molar-refractivity contribution in [3.8, 4) is 0 Å². The molecule has 1 amide bonds. The van der Waals surface area contributed by atoms with Gasteiger partial charge < -0.3 is 5.32 Å². The first kappa shape index (κ1) is 20.5.